The molecule has 0 bridgehead atoms. The Morgan fingerprint density at radius 3 is 2.82 bits per heavy atom. The van der Waals surface area contributed by atoms with E-state index in [-0.39, 0.29) is 11.8 Å². The van der Waals surface area contributed by atoms with Gasteiger partial charge in [0.2, 0.25) is 5.89 Å². The van der Waals surface area contributed by atoms with Crippen LogP contribution in [-0.4, -0.2) is 34.0 Å². The summed E-state index contributed by atoms with van der Waals surface area (Å²) in [6, 6.07) is 7.47. The second-order valence-corrected chi connectivity index (χ2v) is 5.67. The molecule has 6 nitrogen and oxygen atoms in total. The van der Waals surface area contributed by atoms with E-state index in [0.29, 0.717) is 30.4 Å². The quantitative estimate of drug-likeness (QED) is 0.935. The second kappa shape index (κ2) is 6.27. The Morgan fingerprint density at radius 2 is 2.18 bits per heavy atom. The van der Waals surface area contributed by atoms with Gasteiger partial charge in [0.1, 0.15) is 0 Å². The number of likely N-dealkylation sites (tertiary alicyclic amines) is 1. The molecule has 22 heavy (non-hydrogen) atoms. The van der Waals surface area contributed by atoms with Gasteiger partial charge >= 0.3 is 0 Å². The van der Waals surface area contributed by atoms with Crippen LogP contribution in [0.25, 0.3) is 0 Å². The van der Waals surface area contributed by atoms with E-state index in [0.717, 1.165) is 24.9 Å². The monoisotopic (exact) mass is 300 g/mol. The number of nitrogens with zero attached hydrogens (tertiary/aromatic N) is 3. The van der Waals surface area contributed by atoms with Crippen molar-refractivity contribution in [3.05, 3.63) is 47.1 Å². The highest BCUT2D eigenvalue weighted by molar-refractivity contribution is 5.94. The molecular formula is C16H20N4O2. The first-order valence-corrected chi connectivity index (χ1v) is 7.56. The molecule has 116 valence electrons. The van der Waals surface area contributed by atoms with Crippen molar-refractivity contribution in [3.8, 4) is 0 Å². The van der Waals surface area contributed by atoms with Gasteiger partial charge in [0.25, 0.3) is 5.91 Å². The lowest BCUT2D eigenvalue weighted by molar-refractivity contribution is 0.0695. The van der Waals surface area contributed by atoms with E-state index in [1.165, 1.54) is 0 Å². The van der Waals surface area contributed by atoms with Crippen LogP contribution < -0.4 is 5.73 Å². The third-order valence-electron chi connectivity index (χ3n) is 4.04. The van der Waals surface area contributed by atoms with E-state index in [4.69, 9.17) is 10.3 Å². The zero-order chi connectivity index (χ0) is 15.5. The first kappa shape index (κ1) is 14.7. The van der Waals surface area contributed by atoms with Crippen molar-refractivity contribution in [3.63, 3.8) is 0 Å². The number of carbonyl (C=O) groups excluding carboxylic acids is 1. The fraction of sp³-hybridized carbons (Fsp3) is 0.438. The Bertz CT molecular complexity index is 650. The van der Waals surface area contributed by atoms with Crippen LogP contribution in [0.3, 0.4) is 0 Å². The molecular weight excluding hydrogens is 280 g/mol. The molecule has 0 radical (unpaired) electrons. The highest BCUT2D eigenvalue weighted by Gasteiger charge is 2.28. The van der Waals surface area contributed by atoms with Crippen LogP contribution in [-0.2, 0) is 6.54 Å². The van der Waals surface area contributed by atoms with Crippen molar-refractivity contribution < 1.29 is 9.32 Å². The maximum absolute atomic E-state index is 12.6. The van der Waals surface area contributed by atoms with E-state index in [2.05, 4.69) is 10.1 Å². The van der Waals surface area contributed by atoms with Gasteiger partial charge in [-0.05, 0) is 37.5 Å². The molecule has 0 saturated carbocycles. The predicted octanol–water partition coefficient (Wildman–Crippen LogP) is 1.86. The van der Waals surface area contributed by atoms with Gasteiger partial charge in [-0.15, -0.1) is 0 Å². The van der Waals surface area contributed by atoms with Crippen molar-refractivity contribution in [2.24, 2.45) is 5.73 Å². The molecule has 1 aliphatic rings. The number of rotatable bonds is 3. The molecule has 0 aliphatic carbocycles. The van der Waals surface area contributed by atoms with Crippen LogP contribution >= 0.6 is 0 Å². The summed E-state index contributed by atoms with van der Waals surface area (Å²) in [5, 5.41) is 3.84. The van der Waals surface area contributed by atoms with Gasteiger partial charge in [-0.3, -0.25) is 4.79 Å². The topological polar surface area (TPSA) is 85.2 Å². The number of nitrogens with two attached hydrogens (primary N) is 1. The Morgan fingerprint density at radius 1 is 1.41 bits per heavy atom. The molecule has 2 heterocycles. The average Bonchev–Trinajstić information content (AvgIpc) is 3.01. The highest BCUT2D eigenvalue weighted by atomic mass is 16.5. The summed E-state index contributed by atoms with van der Waals surface area (Å²) in [4.78, 5) is 18.8. The minimum Gasteiger partial charge on any atom is -0.339 e. The van der Waals surface area contributed by atoms with Crippen molar-refractivity contribution in [1.82, 2.24) is 15.0 Å². The summed E-state index contributed by atoms with van der Waals surface area (Å²) in [6.07, 6.45) is 1.91. The molecule has 1 amide bonds. The summed E-state index contributed by atoms with van der Waals surface area (Å²) in [6.45, 7) is 3.68. The zero-order valence-electron chi connectivity index (χ0n) is 12.7. The van der Waals surface area contributed by atoms with Crippen LogP contribution in [0.4, 0.5) is 0 Å². The SMILES string of the molecule is Cc1noc(C2CCCN(C(=O)c3ccc(CN)cc3)C2)n1. The summed E-state index contributed by atoms with van der Waals surface area (Å²) >= 11 is 0. The number of benzene rings is 1. The first-order valence-electron chi connectivity index (χ1n) is 7.56. The van der Waals surface area contributed by atoms with Gasteiger partial charge in [-0.1, -0.05) is 17.3 Å². The predicted molar refractivity (Wildman–Crippen MR) is 81.2 cm³/mol. The van der Waals surface area contributed by atoms with Gasteiger partial charge in [-0.25, -0.2) is 0 Å². The maximum atomic E-state index is 12.6. The van der Waals surface area contributed by atoms with E-state index < -0.39 is 0 Å². The second-order valence-electron chi connectivity index (χ2n) is 5.67. The lowest BCUT2D eigenvalue weighted by Gasteiger charge is -2.31. The van der Waals surface area contributed by atoms with Gasteiger partial charge in [0, 0.05) is 25.2 Å². The number of hydrogen-bond acceptors (Lipinski definition) is 5. The molecule has 1 saturated heterocycles. The molecule has 1 unspecified atom stereocenters. The third-order valence-corrected chi connectivity index (χ3v) is 4.04. The lowest BCUT2D eigenvalue weighted by Crippen LogP contribution is -2.39. The molecule has 2 aromatic rings. The summed E-state index contributed by atoms with van der Waals surface area (Å²) in [7, 11) is 0. The average molecular weight is 300 g/mol. The number of aromatic nitrogens is 2. The number of aryl methyl sites for hydroxylation is 1. The van der Waals surface area contributed by atoms with Crippen LogP contribution in [0, 0.1) is 6.92 Å². The number of hydrogen-bond donors (Lipinski definition) is 1. The van der Waals surface area contributed by atoms with Crippen LogP contribution in [0.5, 0.6) is 0 Å². The summed E-state index contributed by atoms with van der Waals surface area (Å²) < 4.78 is 5.25. The van der Waals surface area contributed by atoms with Crippen molar-refractivity contribution >= 4 is 5.91 Å². The van der Waals surface area contributed by atoms with Crippen molar-refractivity contribution in [2.45, 2.75) is 32.2 Å². The Balaban J connectivity index is 1.71. The molecule has 1 aliphatic heterocycles. The van der Waals surface area contributed by atoms with Crippen molar-refractivity contribution in [2.75, 3.05) is 13.1 Å². The molecule has 0 spiro atoms. The van der Waals surface area contributed by atoms with Gasteiger partial charge in [0.15, 0.2) is 5.82 Å². The third kappa shape index (κ3) is 3.01. The highest BCUT2D eigenvalue weighted by Crippen LogP contribution is 2.26. The number of piperidine rings is 1. The molecule has 3 rings (SSSR count). The fourth-order valence-electron chi connectivity index (χ4n) is 2.81. The zero-order valence-corrected chi connectivity index (χ0v) is 12.7. The maximum Gasteiger partial charge on any atom is 0.253 e. The molecule has 1 fully saturated rings. The van der Waals surface area contributed by atoms with E-state index >= 15 is 0 Å². The normalized spacial score (nSPS) is 18.5. The lowest BCUT2D eigenvalue weighted by atomic mass is 9.97. The first-order chi connectivity index (χ1) is 10.7. The van der Waals surface area contributed by atoms with Gasteiger partial charge < -0.3 is 15.2 Å². The fourth-order valence-corrected chi connectivity index (χ4v) is 2.81. The summed E-state index contributed by atoms with van der Waals surface area (Å²) in [5.41, 5.74) is 7.30. The van der Waals surface area contributed by atoms with Crippen LogP contribution in [0.15, 0.2) is 28.8 Å². The van der Waals surface area contributed by atoms with E-state index in [1.807, 2.05) is 29.2 Å². The Hall–Kier alpha value is -2.21. The smallest absolute Gasteiger partial charge is 0.253 e. The molecule has 6 heteroatoms. The number of amides is 1. The summed E-state index contributed by atoms with van der Waals surface area (Å²) in [5.74, 6) is 1.44. The minimum atomic E-state index is 0.0458. The largest absolute Gasteiger partial charge is 0.339 e. The van der Waals surface area contributed by atoms with Gasteiger partial charge in [-0.2, -0.15) is 4.98 Å². The Kier molecular flexibility index (Phi) is 4.20. The van der Waals surface area contributed by atoms with Crippen LogP contribution in [0.1, 0.15) is 46.4 Å². The number of carbonyl (C=O) groups is 1. The molecule has 1 aromatic carbocycles. The van der Waals surface area contributed by atoms with E-state index in [1.54, 1.807) is 6.92 Å². The Labute approximate surface area is 129 Å². The molecule has 1 aromatic heterocycles. The van der Waals surface area contributed by atoms with E-state index in [9.17, 15) is 4.79 Å². The molecule has 2 N–H and O–H groups in total. The standard InChI is InChI=1S/C16H20N4O2/c1-11-18-15(22-19-11)14-3-2-8-20(10-14)16(21)13-6-4-12(9-17)5-7-13/h4-7,14H,2-3,8-10,17H2,1H3. The minimum absolute atomic E-state index is 0.0458. The van der Waals surface area contributed by atoms with Crippen molar-refractivity contribution in [1.29, 1.82) is 0 Å². The van der Waals surface area contributed by atoms with Crippen LogP contribution in [0.2, 0.25) is 0 Å². The molecule has 1 atom stereocenters. The van der Waals surface area contributed by atoms with Gasteiger partial charge in [0.05, 0.1) is 5.92 Å².